The third-order valence-corrected chi connectivity index (χ3v) is 6.13. The molecule has 1 atom stereocenters. The number of carbonyl (C=O) groups excluding carboxylic acids is 3. The second-order valence-electron chi connectivity index (χ2n) is 6.59. The number of nitrogens with one attached hydrogen (secondary N) is 2. The Morgan fingerprint density at radius 2 is 1.93 bits per heavy atom. The second-order valence-corrected chi connectivity index (χ2v) is 8.82. The normalized spacial score (nSPS) is 20.7. The number of hydrogen-bond donors (Lipinski definition) is 2. The van der Waals surface area contributed by atoms with Gasteiger partial charge in [-0.25, -0.2) is 17.8 Å². The van der Waals surface area contributed by atoms with E-state index in [9.17, 15) is 27.2 Å². The van der Waals surface area contributed by atoms with E-state index >= 15 is 0 Å². The highest BCUT2D eigenvalue weighted by Gasteiger charge is 2.37. The number of carbonyl (C=O) groups is 3. The van der Waals surface area contributed by atoms with Crippen LogP contribution in [0.15, 0.2) is 29.4 Å². The lowest BCUT2D eigenvalue weighted by Crippen LogP contribution is -2.49. The smallest absolute Gasteiger partial charge is 0.285 e. The fraction of sp³-hybridized carbons (Fsp3) is 0.412. The summed E-state index contributed by atoms with van der Waals surface area (Å²) in [6.45, 7) is -0.414. The van der Waals surface area contributed by atoms with Crippen molar-refractivity contribution in [3.8, 4) is 5.75 Å². The van der Waals surface area contributed by atoms with Gasteiger partial charge in [0.25, 0.3) is 11.8 Å². The fourth-order valence-corrected chi connectivity index (χ4v) is 4.59. The van der Waals surface area contributed by atoms with Gasteiger partial charge in [0.05, 0.1) is 17.5 Å². The fourth-order valence-electron chi connectivity index (χ4n) is 2.90. The van der Waals surface area contributed by atoms with Crippen molar-refractivity contribution < 1.29 is 31.9 Å². The quantitative estimate of drug-likeness (QED) is 0.611. The summed E-state index contributed by atoms with van der Waals surface area (Å²) in [5.41, 5.74) is 4.33. The van der Waals surface area contributed by atoms with Gasteiger partial charge < -0.3 is 4.74 Å². The third-order valence-electron chi connectivity index (χ3n) is 4.38. The van der Waals surface area contributed by atoms with E-state index in [1.54, 1.807) is 0 Å². The van der Waals surface area contributed by atoms with Gasteiger partial charge in [-0.15, -0.1) is 0 Å². The number of ether oxygens (including phenoxy) is 1. The monoisotopic (exact) mass is 426 g/mol. The van der Waals surface area contributed by atoms with E-state index in [1.165, 1.54) is 24.3 Å². The summed E-state index contributed by atoms with van der Waals surface area (Å²) in [7, 11) is -3.21. The van der Waals surface area contributed by atoms with E-state index in [4.69, 9.17) is 4.74 Å². The van der Waals surface area contributed by atoms with Gasteiger partial charge in [-0.3, -0.25) is 25.2 Å². The molecule has 0 saturated carbocycles. The molecule has 0 radical (unpaired) electrons. The molecule has 3 rings (SSSR count). The molecule has 12 heteroatoms. The highest BCUT2D eigenvalue weighted by molar-refractivity contribution is 7.91. The maximum atomic E-state index is 12.8. The number of hydrogen-bond acceptors (Lipinski definition) is 7. The highest BCUT2D eigenvalue weighted by atomic mass is 32.2. The lowest BCUT2D eigenvalue weighted by atomic mass is 10.1. The molecule has 2 heterocycles. The van der Waals surface area contributed by atoms with Gasteiger partial charge in [0.15, 0.2) is 16.4 Å². The summed E-state index contributed by atoms with van der Waals surface area (Å²) in [4.78, 5) is 36.0. The molecular formula is C17H19FN4O6S. The standard InChI is InChI=1S/C17H19FN4O6S/c18-11-1-3-13(4-2-11)28-9-15(23)19-20-17(25)14-5-6-16(24)22(21-14)12-7-8-29(26,27)10-12/h1-4,12H,5-10H2,(H,19,23)(H,20,25). The number of amides is 3. The molecule has 0 aromatic heterocycles. The van der Waals surface area contributed by atoms with Crippen LogP contribution in [0.1, 0.15) is 19.3 Å². The number of nitrogens with zero attached hydrogens (tertiary/aromatic N) is 2. The SMILES string of the molecule is O=C(COc1ccc(F)cc1)NNC(=O)C1=NN(C2CCS(=O)(=O)C2)C(=O)CC1. The summed E-state index contributed by atoms with van der Waals surface area (Å²) in [5.74, 6) is -2.08. The van der Waals surface area contributed by atoms with Gasteiger partial charge in [-0.1, -0.05) is 0 Å². The Kier molecular flexibility index (Phi) is 6.11. The molecule has 0 aliphatic carbocycles. The lowest BCUT2D eigenvalue weighted by Gasteiger charge is -2.27. The molecule has 1 unspecified atom stereocenters. The molecule has 0 spiro atoms. The van der Waals surface area contributed by atoms with Crippen LogP contribution in [-0.2, 0) is 24.2 Å². The number of hydrazone groups is 1. The van der Waals surface area contributed by atoms with Gasteiger partial charge >= 0.3 is 0 Å². The first-order valence-corrected chi connectivity index (χ1v) is 10.6. The second kappa shape index (κ2) is 8.55. The summed E-state index contributed by atoms with van der Waals surface area (Å²) in [6, 6.07) is 4.48. The van der Waals surface area contributed by atoms with Gasteiger partial charge in [0, 0.05) is 12.8 Å². The minimum absolute atomic E-state index is 0.00801. The molecule has 0 bridgehead atoms. The summed E-state index contributed by atoms with van der Waals surface area (Å²) < 4.78 is 41.2. The topological polar surface area (TPSA) is 134 Å². The third kappa shape index (κ3) is 5.50. The van der Waals surface area contributed by atoms with Crippen molar-refractivity contribution in [3.63, 3.8) is 0 Å². The Morgan fingerprint density at radius 3 is 2.59 bits per heavy atom. The van der Waals surface area contributed by atoms with Crippen molar-refractivity contribution in [2.75, 3.05) is 18.1 Å². The molecule has 29 heavy (non-hydrogen) atoms. The van der Waals surface area contributed by atoms with Crippen molar-refractivity contribution in [2.24, 2.45) is 5.10 Å². The lowest BCUT2D eigenvalue weighted by molar-refractivity contribution is -0.134. The van der Waals surface area contributed by atoms with E-state index in [2.05, 4.69) is 16.0 Å². The Bertz CT molecular complexity index is 947. The molecule has 1 saturated heterocycles. The number of sulfone groups is 1. The summed E-state index contributed by atoms with van der Waals surface area (Å²) in [6.07, 6.45) is 0.358. The Hall–Kier alpha value is -3.02. The number of hydrazine groups is 1. The highest BCUT2D eigenvalue weighted by Crippen LogP contribution is 2.22. The molecule has 2 aliphatic rings. The van der Waals surface area contributed by atoms with Crippen LogP contribution in [0.3, 0.4) is 0 Å². The van der Waals surface area contributed by atoms with Crippen molar-refractivity contribution >= 4 is 33.3 Å². The van der Waals surface area contributed by atoms with Crippen molar-refractivity contribution in [1.29, 1.82) is 0 Å². The number of rotatable bonds is 5. The molecule has 3 amide bonds. The molecule has 1 aromatic carbocycles. The van der Waals surface area contributed by atoms with Gasteiger partial charge in [-0.05, 0) is 30.7 Å². The van der Waals surface area contributed by atoms with Crippen LogP contribution in [0.2, 0.25) is 0 Å². The van der Waals surface area contributed by atoms with Crippen LogP contribution in [0, 0.1) is 5.82 Å². The van der Waals surface area contributed by atoms with Crippen LogP contribution in [-0.4, -0.2) is 61.0 Å². The van der Waals surface area contributed by atoms with E-state index < -0.39 is 40.1 Å². The molecule has 1 fully saturated rings. The minimum Gasteiger partial charge on any atom is -0.484 e. The molecule has 10 nitrogen and oxygen atoms in total. The van der Waals surface area contributed by atoms with Crippen LogP contribution in [0.25, 0.3) is 0 Å². The van der Waals surface area contributed by atoms with Crippen LogP contribution in [0.4, 0.5) is 4.39 Å². The molecule has 2 N–H and O–H groups in total. The number of benzene rings is 1. The average molecular weight is 426 g/mol. The molecule has 2 aliphatic heterocycles. The zero-order chi connectivity index (χ0) is 21.0. The molecule has 156 valence electrons. The van der Waals surface area contributed by atoms with E-state index in [0.29, 0.717) is 0 Å². The summed E-state index contributed by atoms with van der Waals surface area (Å²) >= 11 is 0. The first kappa shape index (κ1) is 20.7. The first-order valence-electron chi connectivity index (χ1n) is 8.81. The Labute approximate surface area is 166 Å². The first-order chi connectivity index (χ1) is 13.7. The van der Waals surface area contributed by atoms with Crippen molar-refractivity contribution in [3.05, 3.63) is 30.1 Å². The van der Waals surface area contributed by atoms with Gasteiger partial charge in [0.2, 0.25) is 5.91 Å². The van der Waals surface area contributed by atoms with E-state index in [1.807, 2.05) is 0 Å². The van der Waals surface area contributed by atoms with Crippen LogP contribution in [0.5, 0.6) is 5.75 Å². The predicted molar refractivity (Wildman–Crippen MR) is 98.8 cm³/mol. The number of halogens is 1. The maximum absolute atomic E-state index is 12.8. The average Bonchev–Trinajstić information content (AvgIpc) is 3.05. The van der Waals surface area contributed by atoms with Crippen molar-refractivity contribution in [2.45, 2.75) is 25.3 Å². The van der Waals surface area contributed by atoms with Gasteiger partial charge in [-0.2, -0.15) is 5.10 Å². The molecular weight excluding hydrogens is 407 g/mol. The van der Waals surface area contributed by atoms with Crippen molar-refractivity contribution in [1.82, 2.24) is 15.9 Å². The van der Waals surface area contributed by atoms with Crippen LogP contribution >= 0.6 is 0 Å². The van der Waals surface area contributed by atoms with E-state index in [0.717, 1.165) is 5.01 Å². The maximum Gasteiger partial charge on any atom is 0.285 e. The Morgan fingerprint density at radius 1 is 1.21 bits per heavy atom. The molecule has 1 aromatic rings. The van der Waals surface area contributed by atoms with Crippen LogP contribution < -0.4 is 15.6 Å². The predicted octanol–water partition coefficient (Wildman–Crippen LogP) is -0.483. The Balaban J connectivity index is 1.51. The zero-order valence-electron chi connectivity index (χ0n) is 15.3. The summed E-state index contributed by atoms with van der Waals surface area (Å²) in [5, 5.41) is 5.05. The minimum atomic E-state index is -3.21. The zero-order valence-corrected chi connectivity index (χ0v) is 16.1. The van der Waals surface area contributed by atoms with Gasteiger partial charge in [0.1, 0.15) is 17.3 Å². The van der Waals surface area contributed by atoms with E-state index in [-0.39, 0.29) is 48.1 Å². The largest absolute Gasteiger partial charge is 0.484 e.